The number of esters is 1. The lowest BCUT2D eigenvalue weighted by molar-refractivity contribution is -0.134. The molecule has 0 saturated carbocycles. The molecule has 0 aliphatic rings. The number of ether oxygens (including phenoxy) is 1. The first-order valence-electron chi connectivity index (χ1n) is 2.35. The molecule has 0 aromatic carbocycles. The van der Waals surface area contributed by atoms with Gasteiger partial charge in [-0.15, -0.1) is 0 Å². The minimum Gasteiger partial charge on any atom is -0.460 e. The summed E-state index contributed by atoms with van der Waals surface area (Å²) in [6.45, 7) is 0.0741. The van der Waals surface area contributed by atoms with Crippen LogP contribution >= 0.6 is 0 Å². The number of hydrogen-bond donors (Lipinski definition) is 1. The molecule has 0 unspecified atom stereocenters. The van der Waals surface area contributed by atoms with E-state index < -0.39 is 5.97 Å². The standard InChI is InChI=1S/C5H6N2O2/c6-2-1-3-9-5(8)4-7/h4,7H,1,3H2. The smallest absolute Gasteiger partial charge is 0.348 e. The SMILES string of the molecule is N#CCCOC(=O)C=N. The highest BCUT2D eigenvalue weighted by molar-refractivity contribution is 6.21. The topological polar surface area (TPSA) is 73.9 Å². The van der Waals surface area contributed by atoms with Crippen molar-refractivity contribution in [2.75, 3.05) is 6.61 Å². The molecule has 0 spiro atoms. The summed E-state index contributed by atoms with van der Waals surface area (Å²) < 4.78 is 4.33. The quantitative estimate of drug-likeness (QED) is 0.331. The number of rotatable bonds is 3. The Bertz CT molecular complexity index is 148. The van der Waals surface area contributed by atoms with Crippen LogP contribution in [-0.2, 0) is 9.53 Å². The Labute approximate surface area is 52.6 Å². The molecule has 0 atom stereocenters. The third-order valence-electron chi connectivity index (χ3n) is 0.576. The second-order valence-corrected chi connectivity index (χ2v) is 1.22. The largest absolute Gasteiger partial charge is 0.460 e. The van der Waals surface area contributed by atoms with Crippen LogP contribution in [0.3, 0.4) is 0 Å². The predicted molar refractivity (Wildman–Crippen MR) is 30.0 cm³/mol. The highest BCUT2D eigenvalue weighted by atomic mass is 16.5. The van der Waals surface area contributed by atoms with Gasteiger partial charge in [-0.3, -0.25) is 0 Å². The summed E-state index contributed by atoms with van der Waals surface area (Å²) in [5.74, 6) is -0.703. The van der Waals surface area contributed by atoms with Gasteiger partial charge in [-0.25, -0.2) is 4.79 Å². The van der Waals surface area contributed by atoms with Crippen LogP contribution < -0.4 is 0 Å². The molecule has 0 amide bonds. The summed E-state index contributed by atoms with van der Waals surface area (Å²) in [7, 11) is 0. The van der Waals surface area contributed by atoms with Crippen molar-refractivity contribution in [3.8, 4) is 6.07 Å². The highest BCUT2D eigenvalue weighted by Gasteiger charge is 1.92. The van der Waals surface area contributed by atoms with Crippen molar-refractivity contribution in [1.29, 1.82) is 10.7 Å². The van der Waals surface area contributed by atoms with Crippen molar-refractivity contribution in [1.82, 2.24) is 0 Å². The Morgan fingerprint density at radius 2 is 2.56 bits per heavy atom. The lowest BCUT2D eigenvalue weighted by Gasteiger charge is -1.92. The summed E-state index contributed by atoms with van der Waals surface area (Å²) in [6, 6.07) is 1.79. The van der Waals surface area contributed by atoms with E-state index >= 15 is 0 Å². The Kier molecular flexibility index (Phi) is 4.05. The van der Waals surface area contributed by atoms with Gasteiger partial charge in [0.25, 0.3) is 0 Å². The normalized spacial score (nSPS) is 7.44. The number of carbonyl (C=O) groups is 1. The molecule has 4 heteroatoms. The summed E-state index contributed by atoms with van der Waals surface area (Å²) in [5.41, 5.74) is 0. The summed E-state index contributed by atoms with van der Waals surface area (Å²) in [6.07, 6.45) is 0.747. The van der Waals surface area contributed by atoms with Gasteiger partial charge in [-0.1, -0.05) is 0 Å². The molecule has 0 saturated heterocycles. The Morgan fingerprint density at radius 3 is 3.00 bits per heavy atom. The minimum absolute atomic E-state index is 0.0741. The Balaban J connectivity index is 3.19. The second kappa shape index (κ2) is 4.78. The molecule has 0 radical (unpaired) electrons. The Morgan fingerprint density at radius 1 is 1.89 bits per heavy atom. The molecule has 0 rings (SSSR count). The average Bonchev–Trinajstić information content (AvgIpc) is 1.89. The maximum atomic E-state index is 10.1. The van der Waals surface area contributed by atoms with E-state index in [1.165, 1.54) is 0 Å². The third-order valence-corrected chi connectivity index (χ3v) is 0.576. The summed E-state index contributed by atoms with van der Waals surface area (Å²) >= 11 is 0. The molecule has 4 nitrogen and oxygen atoms in total. The van der Waals surface area contributed by atoms with Crippen molar-refractivity contribution in [2.45, 2.75) is 6.42 Å². The monoisotopic (exact) mass is 126 g/mol. The first-order valence-corrected chi connectivity index (χ1v) is 2.35. The lowest BCUT2D eigenvalue weighted by Crippen LogP contribution is -2.05. The molecule has 9 heavy (non-hydrogen) atoms. The fraction of sp³-hybridized carbons (Fsp3) is 0.400. The van der Waals surface area contributed by atoms with Crippen LogP contribution in [0.25, 0.3) is 0 Å². The Hall–Kier alpha value is -1.37. The van der Waals surface area contributed by atoms with Crippen LogP contribution in [-0.4, -0.2) is 18.8 Å². The first kappa shape index (κ1) is 7.63. The van der Waals surface area contributed by atoms with E-state index in [0.717, 1.165) is 0 Å². The third kappa shape index (κ3) is 4.48. The van der Waals surface area contributed by atoms with E-state index in [0.29, 0.717) is 6.21 Å². The van der Waals surface area contributed by atoms with Crippen LogP contribution in [0.2, 0.25) is 0 Å². The molecule has 0 aliphatic carbocycles. The van der Waals surface area contributed by atoms with E-state index in [1.54, 1.807) is 6.07 Å². The van der Waals surface area contributed by atoms with Crippen molar-refractivity contribution >= 4 is 12.2 Å². The van der Waals surface area contributed by atoms with Gasteiger partial charge in [-0.05, 0) is 0 Å². The van der Waals surface area contributed by atoms with Crippen molar-refractivity contribution in [2.24, 2.45) is 0 Å². The number of hydrogen-bond acceptors (Lipinski definition) is 4. The summed E-state index contributed by atoms with van der Waals surface area (Å²) in [4.78, 5) is 10.1. The van der Waals surface area contributed by atoms with Gasteiger partial charge in [0, 0.05) is 0 Å². The van der Waals surface area contributed by atoms with Gasteiger partial charge in [0.2, 0.25) is 0 Å². The number of nitrogens with one attached hydrogen (secondary N) is 1. The predicted octanol–water partition coefficient (Wildman–Crippen LogP) is 0.0929. The molecule has 1 N–H and O–H groups in total. The fourth-order valence-corrected chi connectivity index (χ4v) is 0.239. The molecule has 0 aliphatic heterocycles. The van der Waals surface area contributed by atoms with Gasteiger partial charge in [0.05, 0.1) is 12.5 Å². The number of nitriles is 1. The van der Waals surface area contributed by atoms with E-state index in [4.69, 9.17) is 10.7 Å². The summed E-state index contributed by atoms with van der Waals surface area (Å²) in [5, 5.41) is 14.3. The van der Waals surface area contributed by atoms with Crippen LogP contribution in [0, 0.1) is 16.7 Å². The zero-order chi connectivity index (χ0) is 7.11. The number of nitrogens with zero attached hydrogens (tertiary/aromatic N) is 1. The van der Waals surface area contributed by atoms with E-state index in [2.05, 4.69) is 4.74 Å². The average molecular weight is 126 g/mol. The lowest BCUT2D eigenvalue weighted by atomic mass is 10.5. The minimum atomic E-state index is -0.703. The molecule has 0 fully saturated rings. The molecule has 0 aromatic rings. The van der Waals surface area contributed by atoms with Gasteiger partial charge in [0.1, 0.15) is 12.8 Å². The molecule has 0 heterocycles. The zero-order valence-corrected chi connectivity index (χ0v) is 4.76. The van der Waals surface area contributed by atoms with Gasteiger partial charge >= 0.3 is 5.97 Å². The van der Waals surface area contributed by atoms with Gasteiger partial charge in [0.15, 0.2) is 0 Å². The van der Waals surface area contributed by atoms with Crippen LogP contribution in [0.15, 0.2) is 0 Å². The molecule has 0 bridgehead atoms. The maximum Gasteiger partial charge on any atom is 0.348 e. The van der Waals surface area contributed by atoms with Crippen molar-refractivity contribution in [3.05, 3.63) is 0 Å². The second-order valence-electron chi connectivity index (χ2n) is 1.22. The van der Waals surface area contributed by atoms with E-state index in [9.17, 15) is 4.79 Å². The van der Waals surface area contributed by atoms with Crippen LogP contribution in [0.4, 0.5) is 0 Å². The molecule has 48 valence electrons. The van der Waals surface area contributed by atoms with Gasteiger partial charge < -0.3 is 10.1 Å². The first-order chi connectivity index (χ1) is 4.31. The van der Waals surface area contributed by atoms with E-state index in [-0.39, 0.29) is 13.0 Å². The molecule has 0 aromatic heterocycles. The van der Waals surface area contributed by atoms with Crippen LogP contribution in [0.1, 0.15) is 6.42 Å². The fourth-order valence-electron chi connectivity index (χ4n) is 0.239. The molecular formula is C5H6N2O2. The van der Waals surface area contributed by atoms with E-state index in [1.807, 2.05) is 0 Å². The number of carbonyl (C=O) groups excluding carboxylic acids is 1. The van der Waals surface area contributed by atoms with Crippen molar-refractivity contribution in [3.63, 3.8) is 0 Å². The highest BCUT2D eigenvalue weighted by Crippen LogP contribution is 1.78. The molecular weight excluding hydrogens is 120 g/mol. The van der Waals surface area contributed by atoms with Crippen molar-refractivity contribution < 1.29 is 9.53 Å². The van der Waals surface area contributed by atoms with Crippen LogP contribution in [0.5, 0.6) is 0 Å². The zero-order valence-electron chi connectivity index (χ0n) is 4.76. The maximum absolute atomic E-state index is 10.1. The van der Waals surface area contributed by atoms with Gasteiger partial charge in [-0.2, -0.15) is 5.26 Å².